The lowest BCUT2D eigenvalue weighted by atomic mass is 10.2. The predicted octanol–water partition coefficient (Wildman–Crippen LogP) is 5.90. The van der Waals surface area contributed by atoms with Crippen LogP contribution in [-0.2, 0) is 5.75 Å². The molecule has 5 aromatic rings. The average Bonchev–Trinajstić information content (AvgIpc) is 3.77. The molecule has 1 saturated heterocycles. The number of halogens is 1. The van der Waals surface area contributed by atoms with Gasteiger partial charge in [0, 0.05) is 36.6 Å². The molecule has 0 aliphatic carbocycles. The standard InChI is InChI=1S/C28H25ClN6O3S2/c1-37-23-9-3-2-8-22(23)33-11-13-34(14-12-33)27(36)21-17-39-25(30-21)18-40-28-32-31-26(24-10-5-15-38-24)35(28)20-7-4-6-19(29)16-20/h2-10,15-17H,11-14,18H2,1H3. The average molecular weight is 593 g/mol. The van der Waals surface area contributed by atoms with Crippen molar-refractivity contribution < 1.29 is 13.9 Å². The van der Waals surface area contributed by atoms with E-state index in [1.807, 2.05) is 75.5 Å². The van der Waals surface area contributed by atoms with Crippen molar-refractivity contribution in [3.05, 3.63) is 88.0 Å². The van der Waals surface area contributed by atoms with Crippen molar-refractivity contribution in [3.8, 4) is 23.0 Å². The van der Waals surface area contributed by atoms with E-state index in [0.717, 1.165) is 35.2 Å². The van der Waals surface area contributed by atoms with Crippen LogP contribution in [0.3, 0.4) is 0 Å². The maximum atomic E-state index is 13.2. The summed E-state index contributed by atoms with van der Waals surface area (Å²) in [4.78, 5) is 22.0. The van der Waals surface area contributed by atoms with Gasteiger partial charge in [-0.15, -0.1) is 21.5 Å². The fourth-order valence-electron chi connectivity index (χ4n) is 4.58. The number of rotatable bonds is 8. The van der Waals surface area contributed by atoms with Gasteiger partial charge < -0.3 is 19.0 Å². The van der Waals surface area contributed by atoms with E-state index in [1.54, 1.807) is 13.4 Å². The zero-order valence-electron chi connectivity index (χ0n) is 21.6. The van der Waals surface area contributed by atoms with Gasteiger partial charge in [-0.05, 0) is 42.5 Å². The molecule has 0 atom stereocenters. The van der Waals surface area contributed by atoms with Crippen LogP contribution in [0.5, 0.6) is 5.75 Å². The number of nitrogens with zero attached hydrogens (tertiary/aromatic N) is 6. The second-order valence-corrected chi connectivity index (χ2v) is 11.3. The molecule has 1 fully saturated rings. The molecule has 12 heteroatoms. The number of thioether (sulfide) groups is 1. The highest BCUT2D eigenvalue weighted by molar-refractivity contribution is 7.98. The third-order valence-corrected chi connectivity index (χ3v) is 8.74. The number of carbonyl (C=O) groups excluding carboxylic acids is 1. The Kier molecular flexibility index (Phi) is 7.76. The quantitative estimate of drug-likeness (QED) is 0.206. The molecule has 0 bridgehead atoms. The number of ether oxygens (including phenoxy) is 1. The lowest BCUT2D eigenvalue weighted by Gasteiger charge is -2.36. The van der Waals surface area contributed by atoms with E-state index in [2.05, 4.69) is 20.1 Å². The minimum Gasteiger partial charge on any atom is -0.495 e. The molecule has 2 aromatic carbocycles. The molecule has 40 heavy (non-hydrogen) atoms. The van der Waals surface area contributed by atoms with Gasteiger partial charge in [0.05, 0.1) is 30.5 Å². The molecule has 0 saturated carbocycles. The summed E-state index contributed by atoms with van der Waals surface area (Å²) in [5, 5.41) is 12.7. The zero-order chi connectivity index (χ0) is 27.5. The van der Waals surface area contributed by atoms with E-state index < -0.39 is 0 Å². The van der Waals surface area contributed by atoms with Crippen LogP contribution in [0.15, 0.2) is 81.9 Å². The molecule has 6 rings (SSSR count). The Morgan fingerprint density at radius 3 is 2.70 bits per heavy atom. The number of methoxy groups -OCH3 is 1. The first-order chi connectivity index (χ1) is 19.6. The molecule has 0 radical (unpaired) electrons. The van der Waals surface area contributed by atoms with Crippen molar-refractivity contribution in [2.24, 2.45) is 0 Å². The highest BCUT2D eigenvalue weighted by atomic mass is 35.5. The molecule has 3 aromatic heterocycles. The van der Waals surface area contributed by atoms with Crippen LogP contribution in [0.25, 0.3) is 17.3 Å². The van der Waals surface area contributed by atoms with Gasteiger partial charge in [0.2, 0.25) is 5.82 Å². The maximum Gasteiger partial charge on any atom is 0.273 e. The highest BCUT2D eigenvalue weighted by Gasteiger charge is 2.25. The number of hydrogen-bond acceptors (Lipinski definition) is 9. The van der Waals surface area contributed by atoms with E-state index in [1.165, 1.54) is 23.1 Å². The fourth-order valence-corrected chi connectivity index (χ4v) is 6.50. The first-order valence-corrected chi connectivity index (χ1v) is 14.8. The number of carbonyl (C=O) groups is 1. The van der Waals surface area contributed by atoms with E-state index in [0.29, 0.717) is 46.3 Å². The summed E-state index contributed by atoms with van der Waals surface area (Å²) in [7, 11) is 1.68. The molecule has 204 valence electrons. The number of thiazole rings is 1. The summed E-state index contributed by atoms with van der Waals surface area (Å²) in [5.41, 5.74) is 2.35. The van der Waals surface area contributed by atoms with Gasteiger partial charge in [-0.25, -0.2) is 4.98 Å². The summed E-state index contributed by atoms with van der Waals surface area (Å²) in [5.74, 6) is 2.51. The largest absolute Gasteiger partial charge is 0.495 e. The number of anilines is 1. The SMILES string of the molecule is COc1ccccc1N1CCN(C(=O)c2csc(CSc3nnc(-c4ccco4)n3-c3cccc(Cl)c3)n2)CC1. The Balaban J connectivity index is 1.13. The molecule has 0 unspecified atom stereocenters. The summed E-state index contributed by atoms with van der Waals surface area (Å²) < 4.78 is 13.0. The Morgan fingerprint density at radius 1 is 1.07 bits per heavy atom. The molecular formula is C28H25ClN6O3S2. The van der Waals surface area contributed by atoms with E-state index in [9.17, 15) is 4.79 Å². The van der Waals surface area contributed by atoms with Gasteiger partial charge in [0.15, 0.2) is 10.9 Å². The molecule has 0 N–H and O–H groups in total. The number of hydrogen-bond donors (Lipinski definition) is 0. The lowest BCUT2D eigenvalue weighted by molar-refractivity contribution is 0.0741. The maximum absolute atomic E-state index is 13.2. The van der Waals surface area contributed by atoms with Crippen molar-refractivity contribution in [3.63, 3.8) is 0 Å². The number of para-hydroxylation sites is 2. The van der Waals surface area contributed by atoms with Crippen molar-refractivity contribution >= 4 is 46.3 Å². The smallest absolute Gasteiger partial charge is 0.273 e. The minimum absolute atomic E-state index is 0.0469. The van der Waals surface area contributed by atoms with Gasteiger partial charge in [-0.2, -0.15) is 0 Å². The number of aromatic nitrogens is 4. The lowest BCUT2D eigenvalue weighted by Crippen LogP contribution is -2.49. The van der Waals surface area contributed by atoms with E-state index in [4.69, 9.17) is 20.8 Å². The van der Waals surface area contributed by atoms with Crippen LogP contribution in [-0.4, -0.2) is 63.8 Å². The summed E-state index contributed by atoms with van der Waals surface area (Å²) >= 11 is 9.24. The first-order valence-electron chi connectivity index (χ1n) is 12.6. The summed E-state index contributed by atoms with van der Waals surface area (Å²) in [6.45, 7) is 2.71. The second kappa shape index (κ2) is 11.7. The predicted molar refractivity (Wildman–Crippen MR) is 157 cm³/mol. The minimum atomic E-state index is -0.0469. The first kappa shape index (κ1) is 26.4. The molecule has 1 amide bonds. The Hall–Kier alpha value is -3.80. The summed E-state index contributed by atoms with van der Waals surface area (Å²) in [6, 6.07) is 19.1. The van der Waals surface area contributed by atoms with Crippen molar-refractivity contribution in [1.29, 1.82) is 0 Å². The van der Waals surface area contributed by atoms with Crippen molar-refractivity contribution in [2.75, 3.05) is 38.2 Å². The Bertz CT molecular complexity index is 1610. The highest BCUT2D eigenvalue weighted by Crippen LogP contribution is 2.32. The number of amides is 1. The van der Waals surface area contributed by atoms with Crippen LogP contribution in [0.1, 0.15) is 15.5 Å². The summed E-state index contributed by atoms with van der Waals surface area (Å²) in [6.07, 6.45) is 1.60. The third kappa shape index (κ3) is 5.45. The Labute approximate surface area is 244 Å². The van der Waals surface area contributed by atoms with Gasteiger partial charge in [0.1, 0.15) is 16.5 Å². The number of benzene rings is 2. The Morgan fingerprint density at radius 2 is 1.93 bits per heavy atom. The van der Waals surface area contributed by atoms with Crippen LogP contribution in [0.4, 0.5) is 5.69 Å². The molecule has 9 nitrogen and oxygen atoms in total. The van der Waals surface area contributed by atoms with Crippen LogP contribution in [0.2, 0.25) is 5.02 Å². The zero-order valence-corrected chi connectivity index (χ0v) is 24.0. The second-order valence-electron chi connectivity index (χ2n) is 8.97. The molecule has 0 spiro atoms. The third-order valence-electron chi connectivity index (χ3n) is 6.53. The van der Waals surface area contributed by atoms with E-state index in [-0.39, 0.29) is 5.91 Å². The van der Waals surface area contributed by atoms with Crippen molar-refractivity contribution in [2.45, 2.75) is 10.9 Å². The van der Waals surface area contributed by atoms with Gasteiger partial charge in [0.25, 0.3) is 5.91 Å². The molecule has 1 aliphatic heterocycles. The topological polar surface area (TPSA) is 89.5 Å². The molecule has 1 aliphatic rings. The van der Waals surface area contributed by atoms with Crippen LogP contribution < -0.4 is 9.64 Å². The normalized spacial score (nSPS) is 13.6. The van der Waals surface area contributed by atoms with Crippen LogP contribution in [0, 0.1) is 0 Å². The fraction of sp³-hybridized carbons (Fsp3) is 0.214. The number of piperazine rings is 1. The molecular weight excluding hydrogens is 568 g/mol. The van der Waals surface area contributed by atoms with Crippen molar-refractivity contribution in [1.82, 2.24) is 24.6 Å². The van der Waals surface area contributed by atoms with Gasteiger partial charge in [-0.3, -0.25) is 9.36 Å². The molecule has 4 heterocycles. The van der Waals surface area contributed by atoms with E-state index >= 15 is 0 Å². The number of furan rings is 1. The van der Waals surface area contributed by atoms with Crippen LogP contribution >= 0.6 is 34.7 Å². The van der Waals surface area contributed by atoms with Gasteiger partial charge in [-0.1, -0.05) is 41.6 Å². The van der Waals surface area contributed by atoms with Gasteiger partial charge >= 0.3 is 0 Å². The monoisotopic (exact) mass is 592 g/mol.